The van der Waals surface area contributed by atoms with Crippen molar-refractivity contribution in [2.45, 2.75) is 19.9 Å². The highest BCUT2D eigenvalue weighted by Gasteiger charge is 2.16. The highest BCUT2D eigenvalue weighted by atomic mass is 19.1. The van der Waals surface area contributed by atoms with Crippen molar-refractivity contribution in [1.29, 1.82) is 0 Å². The summed E-state index contributed by atoms with van der Waals surface area (Å²) in [6.45, 7) is 3.19. The molecule has 0 heterocycles. The van der Waals surface area contributed by atoms with Crippen LogP contribution in [0.3, 0.4) is 0 Å². The van der Waals surface area contributed by atoms with Gasteiger partial charge in [-0.05, 0) is 30.2 Å². The summed E-state index contributed by atoms with van der Waals surface area (Å²) in [5, 5.41) is 0. The van der Waals surface area contributed by atoms with Crippen LogP contribution in [0.5, 0.6) is 0 Å². The molecule has 0 aliphatic heterocycles. The molecule has 0 spiro atoms. The molecule has 2 aromatic carbocycles. The molecule has 3 nitrogen and oxygen atoms in total. The first kappa shape index (κ1) is 15.0. The minimum Gasteiger partial charge on any atom is -0.396 e. The average molecular weight is 286 g/mol. The number of carbonyl (C=O) groups excluding carboxylic acids is 1. The molecule has 0 saturated heterocycles. The standard InChI is InChI=1S/C17H19FN2O/c1-2-10-20(12-13-6-4-3-5-7-13)17(21)14-8-9-15(18)16(19)11-14/h3-9,11H,2,10,12,19H2,1H3. The second-order valence-corrected chi connectivity index (χ2v) is 4.95. The van der Waals surface area contributed by atoms with Gasteiger partial charge in [0.15, 0.2) is 0 Å². The van der Waals surface area contributed by atoms with Crippen molar-refractivity contribution in [3.8, 4) is 0 Å². The van der Waals surface area contributed by atoms with Crippen LogP contribution in [0.25, 0.3) is 0 Å². The molecule has 110 valence electrons. The van der Waals surface area contributed by atoms with Gasteiger partial charge in [-0.3, -0.25) is 4.79 Å². The second kappa shape index (κ2) is 6.88. The Labute approximate surface area is 124 Å². The number of hydrogen-bond donors (Lipinski definition) is 1. The van der Waals surface area contributed by atoms with E-state index in [1.807, 2.05) is 37.3 Å². The van der Waals surface area contributed by atoms with Crippen LogP contribution < -0.4 is 5.73 Å². The maximum absolute atomic E-state index is 13.2. The van der Waals surface area contributed by atoms with Crippen LogP contribution in [0.1, 0.15) is 29.3 Å². The van der Waals surface area contributed by atoms with Crippen LogP contribution in [0.2, 0.25) is 0 Å². The van der Waals surface area contributed by atoms with E-state index in [0.29, 0.717) is 18.7 Å². The van der Waals surface area contributed by atoms with Gasteiger partial charge in [0.25, 0.3) is 5.91 Å². The monoisotopic (exact) mass is 286 g/mol. The summed E-state index contributed by atoms with van der Waals surface area (Å²) in [6.07, 6.45) is 0.856. The third-order valence-electron chi connectivity index (χ3n) is 3.24. The molecule has 0 aliphatic rings. The quantitative estimate of drug-likeness (QED) is 0.856. The normalized spacial score (nSPS) is 10.4. The summed E-state index contributed by atoms with van der Waals surface area (Å²) >= 11 is 0. The van der Waals surface area contributed by atoms with E-state index in [1.54, 1.807) is 4.90 Å². The van der Waals surface area contributed by atoms with Crippen molar-refractivity contribution in [3.63, 3.8) is 0 Å². The summed E-state index contributed by atoms with van der Waals surface area (Å²) in [5.41, 5.74) is 7.02. The Balaban J connectivity index is 2.20. The van der Waals surface area contributed by atoms with Crippen molar-refractivity contribution < 1.29 is 9.18 Å². The Morgan fingerprint density at radius 2 is 1.90 bits per heavy atom. The molecule has 0 aromatic heterocycles. The fraction of sp³-hybridized carbons (Fsp3) is 0.235. The molecule has 2 N–H and O–H groups in total. The predicted octanol–water partition coefficient (Wildman–Crippen LogP) is 3.46. The Bertz CT molecular complexity index is 613. The van der Waals surface area contributed by atoms with E-state index >= 15 is 0 Å². The molecule has 4 heteroatoms. The molecule has 0 atom stereocenters. The summed E-state index contributed by atoms with van der Waals surface area (Å²) in [5.74, 6) is -0.635. The van der Waals surface area contributed by atoms with Crippen LogP contribution in [0, 0.1) is 5.82 Å². The fourth-order valence-electron chi connectivity index (χ4n) is 2.19. The van der Waals surface area contributed by atoms with Crippen LogP contribution in [0.15, 0.2) is 48.5 Å². The molecule has 2 aromatic rings. The molecule has 0 fully saturated rings. The van der Waals surface area contributed by atoms with E-state index in [4.69, 9.17) is 5.73 Å². The first-order valence-corrected chi connectivity index (χ1v) is 7.00. The van der Waals surface area contributed by atoms with Crippen LogP contribution >= 0.6 is 0 Å². The average Bonchev–Trinajstić information content (AvgIpc) is 2.50. The highest BCUT2D eigenvalue weighted by Crippen LogP contribution is 2.16. The van der Waals surface area contributed by atoms with Crippen molar-refractivity contribution in [3.05, 3.63) is 65.5 Å². The molecule has 0 bridgehead atoms. The summed E-state index contributed by atoms with van der Waals surface area (Å²) in [4.78, 5) is 14.3. The van der Waals surface area contributed by atoms with Gasteiger partial charge in [-0.15, -0.1) is 0 Å². The van der Waals surface area contributed by atoms with Gasteiger partial charge in [0.2, 0.25) is 0 Å². The highest BCUT2D eigenvalue weighted by molar-refractivity contribution is 5.95. The molecule has 2 rings (SSSR count). The molecule has 21 heavy (non-hydrogen) atoms. The zero-order valence-corrected chi connectivity index (χ0v) is 12.1. The van der Waals surface area contributed by atoms with Gasteiger partial charge in [-0.2, -0.15) is 0 Å². The van der Waals surface area contributed by atoms with Crippen molar-refractivity contribution >= 4 is 11.6 Å². The minimum atomic E-state index is -0.503. The number of benzene rings is 2. The summed E-state index contributed by atoms with van der Waals surface area (Å²) in [6, 6.07) is 13.9. The number of nitrogen functional groups attached to an aromatic ring is 1. The molecule has 0 saturated carbocycles. The van der Waals surface area contributed by atoms with Gasteiger partial charge >= 0.3 is 0 Å². The maximum Gasteiger partial charge on any atom is 0.254 e. The van der Waals surface area contributed by atoms with E-state index in [1.165, 1.54) is 18.2 Å². The molecule has 0 radical (unpaired) electrons. The largest absolute Gasteiger partial charge is 0.396 e. The van der Waals surface area contributed by atoms with Gasteiger partial charge in [0, 0.05) is 18.7 Å². The number of amides is 1. The molecular weight excluding hydrogens is 267 g/mol. The number of nitrogens with zero attached hydrogens (tertiary/aromatic N) is 1. The number of anilines is 1. The number of rotatable bonds is 5. The first-order valence-electron chi connectivity index (χ1n) is 7.00. The van der Waals surface area contributed by atoms with Crippen molar-refractivity contribution in [1.82, 2.24) is 4.90 Å². The lowest BCUT2D eigenvalue weighted by molar-refractivity contribution is 0.0743. The SMILES string of the molecule is CCCN(Cc1ccccc1)C(=O)c1ccc(F)c(N)c1. The zero-order chi connectivity index (χ0) is 15.2. The number of halogens is 1. The summed E-state index contributed by atoms with van der Waals surface area (Å²) in [7, 11) is 0. The number of nitrogens with two attached hydrogens (primary N) is 1. The van der Waals surface area contributed by atoms with E-state index in [2.05, 4.69) is 0 Å². The zero-order valence-electron chi connectivity index (χ0n) is 12.1. The number of carbonyl (C=O) groups is 1. The minimum absolute atomic E-state index is 0.00277. The van der Waals surface area contributed by atoms with E-state index in [-0.39, 0.29) is 11.6 Å². The molecule has 1 amide bonds. The molecule has 0 unspecified atom stereocenters. The Morgan fingerprint density at radius 3 is 2.52 bits per heavy atom. The summed E-state index contributed by atoms with van der Waals surface area (Å²) < 4.78 is 13.2. The van der Waals surface area contributed by atoms with Crippen LogP contribution in [-0.4, -0.2) is 17.4 Å². The predicted molar refractivity (Wildman–Crippen MR) is 82.3 cm³/mol. The molecule has 0 aliphatic carbocycles. The van der Waals surface area contributed by atoms with E-state index in [9.17, 15) is 9.18 Å². The van der Waals surface area contributed by atoms with Gasteiger partial charge < -0.3 is 10.6 Å². The maximum atomic E-state index is 13.2. The van der Waals surface area contributed by atoms with Gasteiger partial charge in [0.05, 0.1) is 5.69 Å². The fourth-order valence-corrected chi connectivity index (χ4v) is 2.19. The third kappa shape index (κ3) is 3.81. The van der Waals surface area contributed by atoms with Crippen molar-refractivity contribution in [2.24, 2.45) is 0 Å². The van der Waals surface area contributed by atoms with Crippen LogP contribution in [-0.2, 0) is 6.54 Å². The second-order valence-electron chi connectivity index (χ2n) is 4.95. The van der Waals surface area contributed by atoms with Gasteiger partial charge in [-0.1, -0.05) is 37.3 Å². The van der Waals surface area contributed by atoms with Crippen molar-refractivity contribution in [2.75, 3.05) is 12.3 Å². The third-order valence-corrected chi connectivity index (χ3v) is 3.24. The van der Waals surface area contributed by atoms with E-state index in [0.717, 1.165) is 12.0 Å². The van der Waals surface area contributed by atoms with Gasteiger partial charge in [-0.25, -0.2) is 4.39 Å². The van der Waals surface area contributed by atoms with Gasteiger partial charge in [0.1, 0.15) is 5.82 Å². The Hall–Kier alpha value is -2.36. The Morgan fingerprint density at radius 1 is 1.19 bits per heavy atom. The lowest BCUT2D eigenvalue weighted by Gasteiger charge is -2.22. The van der Waals surface area contributed by atoms with Crippen LogP contribution in [0.4, 0.5) is 10.1 Å². The van der Waals surface area contributed by atoms with E-state index < -0.39 is 5.82 Å². The lowest BCUT2D eigenvalue weighted by Crippen LogP contribution is -2.31. The molecular formula is C17H19FN2O. The smallest absolute Gasteiger partial charge is 0.254 e. The topological polar surface area (TPSA) is 46.3 Å². The number of hydrogen-bond acceptors (Lipinski definition) is 2. The Kier molecular flexibility index (Phi) is 4.93. The lowest BCUT2D eigenvalue weighted by atomic mass is 10.1. The first-order chi connectivity index (χ1) is 10.1.